The van der Waals surface area contributed by atoms with E-state index >= 15 is 0 Å². The number of fused-ring (bicyclic) bond motifs is 4. The first-order valence-electron chi connectivity index (χ1n) is 8.15. The summed E-state index contributed by atoms with van der Waals surface area (Å²) in [6, 6.07) is 0. The Balaban J connectivity index is 1.37. The highest BCUT2D eigenvalue weighted by atomic mass is 16.7. The summed E-state index contributed by atoms with van der Waals surface area (Å²) in [4.78, 5) is 11.8. The lowest BCUT2D eigenvalue weighted by atomic mass is 9.56. The number of hydrogen-bond donors (Lipinski definition) is 0. The third-order valence-electron chi connectivity index (χ3n) is 7.24. The molecule has 5 fully saturated rings. The Labute approximate surface area is 121 Å². The fourth-order valence-electron chi connectivity index (χ4n) is 6.30. The molecule has 0 aromatic heterocycles. The van der Waals surface area contributed by atoms with E-state index in [9.17, 15) is 4.79 Å². The summed E-state index contributed by atoms with van der Waals surface area (Å²) in [5.74, 6) is 0.817. The van der Waals surface area contributed by atoms with E-state index in [0.29, 0.717) is 36.8 Å². The molecule has 0 radical (unpaired) electrons. The second-order valence-corrected chi connectivity index (χ2v) is 7.74. The maximum atomic E-state index is 11.8. The van der Waals surface area contributed by atoms with Gasteiger partial charge in [-0.2, -0.15) is 0 Å². The van der Waals surface area contributed by atoms with E-state index in [1.54, 1.807) is 0 Å². The van der Waals surface area contributed by atoms with Crippen molar-refractivity contribution in [3.8, 4) is 0 Å². The average Bonchev–Trinajstić information content (AvgIpc) is 3.35. The Morgan fingerprint density at radius 3 is 3.14 bits per heavy atom. The van der Waals surface area contributed by atoms with Gasteiger partial charge in [0.25, 0.3) is 0 Å². The van der Waals surface area contributed by atoms with Crippen LogP contribution in [0.15, 0.2) is 11.1 Å². The van der Waals surface area contributed by atoms with Gasteiger partial charge in [-0.15, -0.1) is 0 Å². The molecule has 7 rings (SSSR count). The van der Waals surface area contributed by atoms with Gasteiger partial charge in [0.15, 0.2) is 0 Å². The molecule has 5 heteroatoms. The molecule has 0 aromatic rings. The van der Waals surface area contributed by atoms with Gasteiger partial charge in [0.05, 0.1) is 12.2 Å². The summed E-state index contributed by atoms with van der Waals surface area (Å²) in [7, 11) is 0. The third-order valence-corrected chi connectivity index (χ3v) is 7.24. The lowest BCUT2D eigenvalue weighted by Gasteiger charge is -2.43. The zero-order valence-electron chi connectivity index (χ0n) is 11.5. The molecule has 2 spiro atoms. The lowest BCUT2D eigenvalue weighted by Crippen LogP contribution is -2.55. The molecule has 21 heavy (non-hydrogen) atoms. The second kappa shape index (κ2) is 2.82. The molecule has 8 atom stereocenters. The molecule has 7 aliphatic rings. The first-order chi connectivity index (χ1) is 10.2. The van der Waals surface area contributed by atoms with Gasteiger partial charge in [-0.3, -0.25) is 0 Å². The molecule has 0 bridgehead atoms. The molecule has 5 nitrogen and oxygen atoms in total. The number of cyclic esters (lactones) is 1. The predicted molar refractivity (Wildman–Crippen MR) is 67.3 cm³/mol. The van der Waals surface area contributed by atoms with Crippen LogP contribution in [-0.4, -0.2) is 48.2 Å². The lowest BCUT2D eigenvalue weighted by molar-refractivity contribution is -0.136. The number of ether oxygens (including phenoxy) is 4. The number of hydrogen-bond acceptors (Lipinski definition) is 5. The molecular formula is C16H16O5. The van der Waals surface area contributed by atoms with Gasteiger partial charge in [-0.05, 0) is 30.8 Å². The summed E-state index contributed by atoms with van der Waals surface area (Å²) >= 11 is 0. The van der Waals surface area contributed by atoms with Crippen molar-refractivity contribution in [3.05, 3.63) is 11.1 Å². The maximum Gasteiger partial charge on any atom is 0.334 e. The monoisotopic (exact) mass is 288 g/mol. The van der Waals surface area contributed by atoms with E-state index in [0.717, 1.165) is 31.3 Å². The van der Waals surface area contributed by atoms with Crippen molar-refractivity contribution in [3.63, 3.8) is 0 Å². The van der Waals surface area contributed by atoms with Crippen LogP contribution in [0.3, 0.4) is 0 Å². The highest BCUT2D eigenvalue weighted by molar-refractivity contribution is 5.92. The zero-order valence-corrected chi connectivity index (χ0v) is 11.5. The van der Waals surface area contributed by atoms with Crippen LogP contribution in [0, 0.1) is 11.8 Å². The number of epoxide rings is 3. The zero-order chi connectivity index (χ0) is 13.6. The highest BCUT2D eigenvalue weighted by Gasteiger charge is 2.91. The molecular weight excluding hydrogens is 272 g/mol. The molecule has 4 aliphatic heterocycles. The van der Waals surface area contributed by atoms with E-state index in [2.05, 4.69) is 0 Å². The molecule has 0 amide bonds. The Kier molecular flexibility index (Phi) is 1.44. The van der Waals surface area contributed by atoms with Crippen LogP contribution >= 0.6 is 0 Å². The smallest absolute Gasteiger partial charge is 0.334 e. The number of carbonyl (C=O) groups is 1. The topological polar surface area (TPSA) is 63.9 Å². The van der Waals surface area contributed by atoms with Crippen molar-refractivity contribution in [1.29, 1.82) is 0 Å². The van der Waals surface area contributed by atoms with Crippen LogP contribution < -0.4 is 0 Å². The largest absolute Gasteiger partial charge is 0.458 e. The Bertz CT molecular complexity index is 655. The normalized spacial score (nSPS) is 64.3. The number of rotatable bonds is 0. The van der Waals surface area contributed by atoms with Gasteiger partial charge >= 0.3 is 5.97 Å². The van der Waals surface area contributed by atoms with Crippen LogP contribution in [0.5, 0.6) is 0 Å². The van der Waals surface area contributed by atoms with Crippen LogP contribution in [0.1, 0.15) is 25.7 Å². The molecule has 2 saturated carbocycles. The number of esters is 1. The summed E-state index contributed by atoms with van der Waals surface area (Å²) in [5, 5.41) is 0. The summed E-state index contributed by atoms with van der Waals surface area (Å²) in [6.07, 6.45) is 5.18. The second-order valence-electron chi connectivity index (χ2n) is 7.74. The summed E-state index contributed by atoms with van der Waals surface area (Å²) in [6.45, 7) is 0.498. The average molecular weight is 288 g/mol. The van der Waals surface area contributed by atoms with Crippen molar-refractivity contribution in [2.75, 3.05) is 6.61 Å². The van der Waals surface area contributed by atoms with E-state index in [1.807, 2.05) is 0 Å². The Morgan fingerprint density at radius 1 is 1.24 bits per heavy atom. The molecule has 3 aliphatic carbocycles. The molecule has 3 saturated heterocycles. The van der Waals surface area contributed by atoms with Crippen molar-refractivity contribution in [1.82, 2.24) is 0 Å². The van der Waals surface area contributed by atoms with E-state index in [-0.39, 0.29) is 23.3 Å². The Morgan fingerprint density at radius 2 is 2.19 bits per heavy atom. The van der Waals surface area contributed by atoms with Crippen molar-refractivity contribution >= 4 is 5.97 Å². The molecule has 0 N–H and O–H groups in total. The van der Waals surface area contributed by atoms with Gasteiger partial charge < -0.3 is 18.9 Å². The van der Waals surface area contributed by atoms with Crippen molar-refractivity contribution < 1.29 is 23.7 Å². The summed E-state index contributed by atoms with van der Waals surface area (Å²) < 4.78 is 23.6. The first-order valence-corrected chi connectivity index (χ1v) is 8.15. The van der Waals surface area contributed by atoms with Crippen molar-refractivity contribution in [2.45, 2.75) is 61.3 Å². The van der Waals surface area contributed by atoms with Crippen LogP contribution in [0.25, 0.3) is 0 Å². The van der Waals surface area contributed by atoms with Crippen LogP contribution in [0.4, 0.5) is 0 Å². The first kappa shape index (κ1) is 10.8. The van der Waals surface area contributed by atoms with Crippen LogP contribution in [-0.2, 0) is 23.7 Å². The van der Waals surface area contributed by atoms with E-state index < -0.39 is 0 Å². The maximum absolute atomic E-state index is 11.8. The molecule has 6 unspecified atom stereocenters. The molecule has 0 aromatic carbocycles. The SMILES string of the molecule is O=C1OCC2=C1CCC1C2CC2OC23C[C@H]2O[C@H]2C2OC123. The van der Waals surface area contributed by atoms with Gasteiger partial charge in [0.1, 0.15) is 30.0 Å². The minimum Gasteiger partial charge on any atom is -0.458 e. The van der Waals surface area contributed by atoms with E-state index in [4.69, 9.17) is 18.9 Å². The fraction of sp³-hybridized carbons (Fsp3) is 0.812. The highest BCUT2D eigenvalue weighted by Crippen LogP contribution is 2.76. The molecule has 110 valence electrons. The minimum atomic E-state index is -0.109. The molecule has 4 heterocycles. The van der Waals surface area contributed by atoms with Gasteiger partial charge in [0.2, 0.25) is 0 Å². The van der Waals surface area contributed by atoms with Gasteiger partial charge in [0, 0.05) is 17.9 Å². The van der Waals surface area contributed by atoms with Crippen LogP contribution in [0.2, 0.25) is 0 Å². The standard InChI is InChI=1S/C16H16O5/c17-14-6-1-2-9-7(8(6)5-18-14)3-11-15(20-11)4-10-12(19-10)13-16(9,15)21-13/h7,9-13H,1-5H2/t7?,9?,10-,11?,12-,13?,15?,16?/m1/s1. The summed E-state index contributed by atoms with van der Waals surface area (Å²) in [5.41, 5.74) is 2.04. The third kappa shape index (κ3) is 0.938. The number of carbonyl (C=O) groups excluding carboxylic acids is 1. The van der Waals surface area contributed by atoms with Gasteiger partial charge in [-0.25, -0.2) is 4.79 Å². The predicted octanol–water partition coefficient (Wildman–Crippen LogP) is 0.716. The quantitative estimate of drug-likeness (QED) is 0.485. The van der Waals surface area contributed by atoms with Crippen molar-refractivity contribution in [2.24, 2.45) is 11.8 Å². The Hall–Kier alpha value is -0.910. The minimum absolute atomic E-state index is 0.0575. The van der Waals surface area contributed by atoms with E-state index in [1.165, 1.54) is 5.57 Å². The van der Waals surface area contributed by atoms with Gasteiger partial charge in [-0.1, -0.05) is 0 Å². The fourth-order valence-corrected chi connectivity index (χ4v) is 6.30.